The van der Waals surface area contributed by atoms with Gasteiger partial charge in [-0.15, -0.1) is 0 Å². The van der Waals surface area contributed by atoms with E-state index in [9.17, 15) is 41.0 Å². The van der Waals surface area contributed by atoms with Gasteiger partial charge in [-0.1, -0.05) is 36.8 Å². The van der Waals surface area contributed by atoms with Crippen molar-refractivity contribution in [2.45, 2.75) is 38.2 Å². The summed E-state index contributed by atoms with van der Waals surface area (Å²) in [5, 5.41) is 18.7. The summed E-state index contributed by atoms with van der Waals surface area (Å²) >= 11 is 0. The summed E-state index contributed by atoms with van der Waals surface area (Å²) in [6.07, 6.45) is -12.9. The largest absolute Gasteiger partial charge is 0.481 e. The summed E-state index contributed by atoms with van der Waals surface area (Å²) in [6.45, 7) is 2.89. The minimum absolute atomic E-state index is 0.171. The predicted molar refractivity (Wildman–Crippen MR) is 98.4 cm³/mol. The standard InChI is InChI=1S/C21H18F6O4/c1-11-3-5-13(6-4-11)14-8-15(17(28)7-12(2)18(29)30)10-16(9-14)19(31,20(22,23)24)21(25,26)27/h3-6,8-10,12,31H,7H2,1-2H3,(H,29,30)/t12-/m0/s1. The van der Waals surface area contributed by atoms with Gasteiger partial charge >= 0.3 is 18.3 Å². The number of aliphatic carboxylic acids is 1. The average Bonchev–Trinajstić information content (AvgIpc) is 2.65. The Morgan fingerprint density at radius 2 is 1.42 bits per heavy atom. The van der Waals surface area contributed by atoms with E-state index < -0.39 is 53.2 Å². The first-order valence-corrected chi connectivity index (χ1v) is 8.92. The minimum Gasteiger partial charge on any atom is -0.481 e. The van der Waals surface area contributed by atoms with Crippen molar-refractivity contribution in [3.05, 3.63) is 59.2 Å². The van der Waals surface area contributed by atoms with Gasteiger partial charge in [0.15, 0.2) is 5.78 Å². The number of carboxylic acids is 1. The van der Waals surface area contributed by atoms with Crippen LogP contribution in [0.4, 0.5) is 26.3 Å². The molecular formula is C21H18F6O4. The average molecular weight is 448 g/mol. The lowest BCUT2D eigenvalue weighted by molar-refractivity contribution is -0.376. The Labute approximate surface area is 173 Å². The van der Waals surface area contributed by atoms with Gasteiger partial charge in [0.25, 0.3) is 5.60 Å². The minimum atomic E-state index is -6.13. The van der Waals surface area contributed by atoms with Crippen molar-refractivity contribution in [1.82, 2.24) is 0 Å². The monoisotopic (exact) mass is 448 g/mol. The molecule has 2 aromatic rings. The van der Waals surface area contributed by atoms with E-state index in [0.717, 1.165) is 11.6 Å². The number of halogens is 6. The first-order chi connectivity index (χ1) is 14.1. The van der Waals surface area contributed by atoms with E-state index in [0.29, 0.717) is 12.1 Å². The molecule has 0 aromatic heterocycles. The number of aliphatic hydroxyl groups is 1. The van der Waals surface area contributed by atoms with E-state index in [1.165, 1.54) is 19.1 Å². The van der Waals surface area contributed by atoms with Crippen molar-refractivity contribution in [3.63, 3.8) is 0 Å². The lowest BCUT2D eigenvalue weighted by atomic mass is 9.86. The third-order valence-electron chi connectivity index (χ3n) is 4.79. The van der Waals surface area contributed by atoms with Crippen LogP contribution in [0.5, 0.6) is 0 Å². The molecule has 0 heterocycles. The fraction of sp³-hybridized carbons (Fsp3) is 0.333. The SMILES string of the molecule is Cc1ccc(-c2cc(C(=O)C[C@H](C)C(=O)O)cc(C(O)(C(F)(F)F)C(F)(F)F)c2)cc1. The number of Topliss-reactive ketones (excluding diaryl/α,β-unsaturated/α-hetero) is 1. The van der Waals surface area contributed by atoms with Crippen LogP contribution < -0.4 is 0 Å². The van der Waals surface area contributed by atoms with Gasteiger partial charge in [-0.3, -0.25) is 9.59 Å². The van der Waals surface area contributed by atoms with Crippen molar-refractivity contribution < 1.29 is 46.1 Å². The Hall–Kier alpha value is -2.88. The van der Waals surface area contributed by atoms with Crippen LogP contribution in [0.15, 0.2) is 42.5 Å². The predicted octanol–water partition coefficient (Wildman–Crippen LogP) is 5.27. The molecule has 0 unspecified atom stereocenters. The van der Waals surface area contributed by atoms with E-state index >= 15 is 0 Å². The van der Waals surface area contributed by atoms with Gasteiger partial charge in [-0.2, -0.15) is 26.3 Å². The number of hydrogen-bond acceptors (Lipinski definition) is 3. The summed E-state index contributed by atoms with van der Waals surface area (Å²) in [5.41, 5.74) is -6.58. The van der Waals surface area contributed by atoms with Gasteiger partial charge in [-0.05, 0) is 36.2 Å². The van der Waals surface area contributed by atoms with Crippen LogP contribution in [-0.4, -0.2) is 34.3 Å². The van der Waals surface area contributed by atoms with E-state index in [1.807, 2.05) is 0 Å². The number of hydrogen-bond donors (Lipinski definition) is 2. The van der Waals surface area contributed by atoms with Crippen molar-refractivity contribution in [3.8, 4) is 11.1 Å². The van der Waals surface area contributed by atoms with Gasteiger partial charge in [0, 0.05) is 17.5 Å². The fourth-order valence-electron chi connectivity index (χ4n) is 2.88. The zero-order valence-electron chi connectivity index (χ0n) is 16.3. The zero-order valence-corrected chi connectivity index (χ0v) is 16.3. The van der Waals surface area contributed by atoms with E-state index in [4.69, 9.17) is 5.11 Å². The Morgan fingerprint density at radius 3 is 1.87 bits per heavy atom. The molecule has 1 atom stereocenters. The highest BCUT2D eigenvalue weighted by atomic mass is 19.4. The Morgan fingerprint density at radius 1 is 0.903 bits per heavy atom. The summed E-state index contributed by atoms with van der Waals surface area (Å²) in [4.78, 5) is 23.5. The molecule has 2 rings (SSSR count). The molecular weight excluding hydrogens is 430 g/mol. The second-order valence-electron chi connectivity index (χ2n) is 7.24. The van der Waals surface area contributed by atoms with Crippen molar-refractivity contribution in [2.24, 2.45) is 5.92 Å². The maximum Gasteiger partial charge on any atom is 0.430 e. The molecule has 0 bridgehead atoms. The van der Waals surface area contributed by atoms with Gasteiger partial charge in [0.1, 0.15) is 0 Å². The molecule has 0 aliphatic heterocycles. The van der Waals surface area contributed by atoms with Crippen molar-refractivity contribution >= 4 is 11.8 Å². The molecule has 10 heteroatoms. The molecule has 2 aromatic carbocycles. The van der Waals surface area contributed by atoms with Gasteiger partial charge < -0.3 is 10.2 Å². The smallest absolute Gasteiger partial charge is 0.430 e. The van der Waals surface area contributed by atoms with Gasteiger partial charge in [0.05, 0.1) is 5.92 Å². The topological polar surface area (TPSA) is 74.6 Å². The molecule has 0 saturated carbocycles. The zero-order chi connectivity index (χ0) is 23.8. The highest BCUT2D eigenvalue weighted by molar-refractivity contribution is 5.99. The highest BCUT2D eigenvalue weighted by Crippen LogP contribution is 2.50. The maximum atomic E-state index is 13.4. The Kier molecular flexibility index (Phi) is 6.56. The molecule has 0 aliphatic carbocycles. The van der Waals surface area contributed by atoms with Crippen LogP contribution in [0, 0.1) is 12.8 Å². The Bertz CT molecular complexity index is 963. The molecule has 31 heavy (non-hydrogen) atoms. The molecule has 0 fully saturated rings. The van der Waals surface area contributed by atoms with E-state index in [-0.39, 0.29) is 11.1 Å². The lowest BCUT2D eigenvalue weighted by Gasteiger charge is -2.33. The second kappa shape index (κ2) is 8.33. The van der Waals surface area contributed by atoms with Crippen LogP contribution in [-0.2, 0) is 10.4 Å². The summed E-state index contributed by atoms with van der Waals surface area (Å²) in [7, 11) is 0. The number of alkyl halides is 6. The van der Waals surface area contributed by atoms with Crippen molar-refractivity contribution in [1.29, 1.82) is 0 Å². The van der Waals surface area contributed by atoms with Crippen LogP contribution in [0.1, 0.15) is 34.8 Å². The molecule has 168 valence electrons. The summed E-state index contributed by atoms with van der Waals surface area (Å²) in [6, 6.07) is 7.88. The van der Waals surface area contributed by atoms with Crippen molar-refractivity contribution in [2.75, 3.05) is 0 Å². The summed E-state index contributed by atoms with van der Waals surface area (Å²) < 4.78 is 80.3. The first-order valence-electron chi connectivity index (χ1n) is 8.92. The van der Waals surface area contributed by atoms with Gasteiger partial charge in [0.2, 0.25) is 0 Å². The molecule has 0 spiro atoms. The molecule has 0 amide bonds. The van der Waals surface area contributed by atoms with Crippen LogP contribution in [0.3, 0.4) is 0 Å². The normalized spacial score (nSPS) is 13.7. The van der Waals surface area contributed by atoms with Crippen LogP contribution in [0.2, 0.25) is 0 Å². The number of benzene rings is 2. The number of carboxylic acid groups (broad SMARTS) is 1. The second-order valence-corrected chi connectivity index (χ2v) is 7.24. The van der Waals surface area contributed by atoms with Crippen LogP contribution >= 0.6 is 0 Å². The number of carbonyl (C=O) groups excluding carboxylic acids is 1. The quantitative estimate of drug-likeness (QED) is 0.467. The number of aryl methyl sites for hydroxylation is 1. The Balaban J connectivity index is 2.76. The highest BCUT2D eigenvalue weighted by Gasteiger charge is 2.71. The molecule has 0 radical (unpaired) electrons. The van der Waals surface area contributed by atoms with Crippen LogP contribution in [0.25, 0.3) is 11.1 Å². The first kappa shape index (κ1) is 24.4. The fourth-order valence-corrected chi connectivity index (χ4v) is 2.88. The molecule has 4 nitrogen and oxygen atoms in total. The number of ketones is 1. The number of rotatable bonds is 6. The van der Waals surface area contributed by atoms with Gasteiger partial charge in [-0.25, -0.2) is 0 Å². The molecule has 2 N–H and O–H groups in total. The third kappa shape index (κ3) is 4.90. The van der Waals surface area contributed by atoms with E-state index in [1.54, 1.807) is 19.1 Å². The third-order valence-corrected chi connectivity index (χ3v) is 4.79. The molecule has 0 saturated heterocycles. The maximum absolute atomic E-state index is 13.4. The summed E-state index contributed by atoms with van der Waals surface area (Å²) in [5.74, 6) is -3.55. The molecule has 0 aliphatic rings. The lowest BCUT2D eigenvalue weighted by Crippen LogP contribution is -2.54. The number of carbonyl (C=O) groups is 2. The van der Waals surface area contributed by atoms with E-state index in [2.05, 4.69) is 0 Å².